The van der Waals surface area contributed by atoms with Crippen LogP contribution in [-0.2, 0) is 0 Å². The molecule has 1 fully saturated rings. The molecular weight excluding hydrogens is 170 g/mol. The van der Waals surface area contributed by atoms with Crippen molar-refractivity contribution < 1.29 is 0 Å². The Kier molecular flexibility index (Phi) is 5.71. The van der Waals surface area contributed by atoms with Crippen LogP contribution >= 0.6 is 0 Å². The molecule has 0 aromatic rings. The first-order valence-corrected chi connectivity index (χ1v) is 5.99. The van der Waals surface area contributed by atoms with Crippen LogP contribution in [0.5, 0.6) is 0 Å². The van der Waals surface area contributed by atoms with Crippen molar-refractivity contribution in [3.05, 3.63) is 0 Å². The minimum atomic E-state index is 0.785. The van der Waals surface area contributed by atoms with Gasteiger partial charge in [0.05, 0.1) is 0 Å². The summed E-state index contributed by atoms with van der Waals surface area (Å²) in [5.41, 5.74) is 0. The maximum absolute atomic E-state index is 3.57. The van der Waals surface area contributed by atoms with E-state index in [1.165, 1.54) is 32.1 Å². The summed E-state index contributed by atoms with van der Waals surface area (Å²) in [7, 11) is 0. The van der Waals surface area contributed by atoms with Crippen molar-refractivity contribution in [3.8, 4) is 11.8 Å². The minimum absolute atomic E-state index is 0.785. The Morgan fingerprint density at radius 3 is 2.93 bits per heavy atom. The van der Waals surface area contributed by atoms with E-state index < -0.39 is 0 Å². The molecule has 80 valence electrons. The van der Waals surface area contributed by atoms with Gasteiger partial charge < -0.3 is 5.32 Å². The first-order chi connectivity index (χ1) is 6.86. The highest BCUT2D eigenvalue weighted by molar-refractivity contribution is 4.95. The normalized spacial score (nSPS) is 26.7. The van der Waals surface area contributed by atoms with Gasteiger partial charge >= 0.3 is 0 Å². The standard InChI is InChI=1S/C13H23N/c1-3-5-6-8-12-9-7-10-13(11-12)14-4-2/h12-14H,4,6-11H2,1-2H3. The van der Waals surface area contributed by atoms with Crippen LogP contribution in [0, 0.1) is 17.8 Å². The average Bonchev–Trinajstić information content (AvgIpc) is 2.19. The lowest BCUT2D eigenvalue weighted by Crippen LogP contribution is -2.33. The smallest absolute Gasteiger partial charge is 0.00912 e. The molecular formula is C13H23N. The molecule has 1 aliphatic rings. The molecule has 2 unspecified atom stereocenters. The highest BCUT2D eigenvalue weighted by Crippen LogP contribution is 2.27. The van der Waals surface area contributed by atoms with Crippen LogP contribution in [0.25, 0.3) is 0 Å². The molecule has 1 aliphatic carbocycles. The lowest BCUT2D eigenvalue weighted by molar-refractivity contribution is 0.278. The van der Waals surface area contributed by atoms with Crippen molar-refractivity contribution in [2.45, 2.75) is 58.4 Å². The Bertz CT molecular complexity index is 197. The molecule has 0 amide bonds. The number of nitrogens with one attached hydrogen (secondary N) is 1. The molecule has 14 heavy (non-hydrogen) atoms. The van der Waals surface area contributed by atoms with Crippen LogP contribution in [-0.4, -0.2) is 12.6 Å². The van der Waals surface area contributed by atoms with E-state index in [1.54, 1.807) is 0 Å². The number of hydrogen-bond donors (Lipinski definition) is 1. The average molecular weight is 193 g/mol. The molecule has 0 spiro atoms. The van der Waals surface area contributed by atoms with Gasteiger partial charge in [-0.15, -0.1) is 11.8 Å². The van der Waals surface area contributed by atoms with Gasteiger partial charge in [0.15, 0.2) is 0 Å². The van der Waals surface area contributed by atoms with Gasteiger partial charge in [0.1, 0.15) is 0 Å². The van der Waals surface area contributed by atoms with Crippen LogP contribution < -0.4 is 5.32 Å². The Hall–Kier alpha value is -0.480. The number of hydrogen-bond acceptors (Lipinski definition) is 1. The zero-order valence-electron chi connectivity index (χ0n) is 9.60. The fraction of sp³-hybridized carbons (Fsp3) is 0.846. The Morgan fingerprint density at radius 2 is 2.21 bits per heavy atom. The van der Waals surface area contributed by atoms with E-state index in [1.807, 2.05) is 6.92 Å². The summed E-state index contributed by atoms with van der Waals surface area (Å²) in [6, 6.07) is 0.785. The second kappa shape index (κ2) is 6.90. The number of rotatable bonds is 4. The van der Waals surface area contributed by atoms with Crippen LogP contribution in [0.2, 0.25) is 0 Å². The molecule has 0 bridgehead atoms. The van der Waals surface area contributed by atoms with Crippen LogP contribution in [0.3, 0.4) is 0 Å². The van der Waals surface area contributed by atoms with Gasteiger partial charge in [-0.05, 0) is 38.6 Å². The summed E-state index contributed by atoms with van der Waals surface area (Å²) in [4.78, 5) is 0. The summed E-state index contributed by atoms with van der Waals surface area (Å²) in [6.45, 7) is 5.25. The largest absolute Gasteiger partial charge is 0.314 e. The highest BCUT2D eigenvalue weighted by Gasteiger charge is 2.20. The van der Waals surface area contributed by atoms with Crippen LogP contribution in [0.4, 0.5) is 0 Å². The highest BCUT2D eigenvalue weighted by atomic mass is 14.9. The predicted molar refractivity (Wildman–Crippen MR) is 62.1 cm³/mol. The van der Waals surface area contributed by atoms with Gasteiger partial charge in [0.2, 0.25) is 0 Å². The van der Waals surface area contributed by atoms with E-state index in [4.69, 9.17) is 0 Å². The summed E-state index contributed by atoms with van der Waals surface area (Å²) in [5, 5.41) is 3.57. The molecule has 2 atom stereocenters. The van der Waals surface area contributed by atoms with E-state index in [9.17, 15) is 0 Å². The SMILES string of the molecule is CC#CCCC1CCCC(NCC)C1. The van der Waals surface area contributed by atoms with Crippen LogP contribution in [0.1, 0.15) is 52.4 Å². The van der Waals surface area contributed by atoms with E-state index in [0.717, 1.165) is 24.9 Å². The lowest BCUT2D eigenvalue weighted by Gasteiger charge is -2.29. The lowest BCUT2D eigenvalue weighted by atomic mass is 9.83. The molecule has 1 N–H and O–H groups in total. The van der Waals surface area contributed by atoms with Crippen molar-refractivity contribution in [2.24, 2.45) is 5.92 Å². The van der Waals surface area contributed by atoms with Crippen molar-refractivity contribution >= 4 is 0 Å². The fourth-order valence-corrected chi connectivity index (χ4v) is 2.43. The summed E-state index contributed by atoms with van der Waals surface area (Å²) in [6.07, 6.45) is 7.99. The molecule has 0 radical (unpaired) electrons. The van der Waals surface area contributed by atoms with E-state index in [0.29, 0.717) is 0 Å². The van der Waals surface area contributed by atoms with Gasteiger partial charge in [0, 0.05) is 12.5 Å². The minimum Gasteiger partial charge on any atom is -0.314 e. The topological polar surface area (TPSA) is 12.0 Å². The predicted octanol–water partition coefficient (Wildman–Crippen LogP) is 2.96. The summed E-state index contributed by atoms with van der Waals surface area (Å²) < 4.78 is 0. The molecule has 1 nitrogen and oxygen atoms in total. The Morgan fingerprint density at radius 1 is 1.36 bits per heavy atom. The molecule has 0 aliphatic heterocycles. The third kappa shape index (κ3) is 4.15. The van der Waals surface area contributed by atoms with Crippen molar-refractivity contribution in [2.75, 3.05) is 6.54 Å². The third-order valence-corrected chi connectivity index (χ3v) is 3.13. The van der Waals surface area contributed by atoms with Gasteiger partial charge in [0.25, 0.3) is 0 Å². The van der Waals surface area contributed by atoms with E-state index >= 15 is 0 Å². The monoisotopic (exact) mass is 193 g/mol. The fourth-order valence-electron chi connectivity index (χ4n) is 2.43. The molecule has 1 saturated carbocycles. The molecule has 1 heteroatoms. The Labute approximate surface area is 88.7 Å². The van der Waals surface area contributed by atoms with Gasteiger partial charge in [-0.2, -0.15) is 0 Å². The van der Waals surface area contributed by atoms with Gasteiger partial charge in [-0.3, -0.25) is 0 Å². The van der Waals surface area contributed by atoms with Crippen molar-refractivity contribution in [1.29, 1.82) is 0 Å². The van der Waals surface area contributed by atoms with Gasteiger partial charge in [-0.25, -0.2) is 0 Å². The maximum Gasteiger partial charge on any atom is 0.00912 e. The zero-order chi connectivity index (χ0) is 10.2. The van der Waals surface area contributed by atoms with E-state index in [-0.39, 0.29) is 0 Å². The second-order valence-electron chi connectivity index (χ2n) is 4.25. The first-order valence-electron chi connectivity index (χ1n) is 5.99. The van der Waals surface area contributed by atoms with Crippen LogP contribution in [0.15, 0.2) is 0 Å². The first kappa shape index (κ1) is 11.6. The maximum atomic E-state index is 3.57. The molecule has 0 aromatic carbocycles. The molecule has 1 rings (SSSR count). The summed E-state index contributed by atoms with van der Waals surface area (Å²) >= 11 is 0. The molecule has 0 saturated heterocycles. The van der Waals surface area contributed by atoms with E-state index in [2.05, 4.69) is 24.1 Å². The zero-order valence-corrected chi connectivity index (χ0v) is 9.60. The summed E-state index contributed by atoms with van der Waals surface area (Å²) in [5.74, 6) is 7.07. The second-order valence-corrected chi connectivity index (χ2v) is 4.25. The quantitative estimate of drug-likeness (QED) is 0.677. The molecule has 0 aromatic heterocycles. The molecule has 0 heterocycles. The van der Waals surface area contributed by atoms with Crippen molar-refractivity contribution in [1.82, 2.24) is 5.32 Å². The third-order valence-electron chi connectivity index (χ3n) is 3.13. The van der Waals surface area contributed by atoms with Crippen molar-refractivity contribution in [3.63, 3.8) is 0 Å². The Balaban J connectivity index is 2.20. The van der Waals surface area contributed by atoms with Gasteiger partial charge in [-0.1, -0.05) is 19.8 Å².